The molecule has 3 aromatic rings. The summed E-state index contributed by atoms with van der Waals surface area (Å²) in [5.41, 5.74) is 1.90. The van der Waals surface area contributed by atoms with Gasteiger partial charge in [-0.05, 0) is 61.1 Å². The van der Waals surface area contributed by atoms with Crippen LogP contribution < -0.4 is 5.32 Å². The van der Waals surface area contributed by atoms with E-state index in [9.17, 15) is 9.18 Å². The van der Waals surface area contributed by atoms with Crippen molar-refractivity contribution < 1.29 is 9.18 Å². The summed E-state index contributed by atoms with van der Waals surface area (Å²) in [6.45, 7) is 2.32. The van der Waals surface area contributed by atoms with Crippen LogP contribution in [-0.2, 0) is 0 Å². The number of amides is 1. The van der Waals surface area contributed by atoms with Gasteiger partial charge < -0.3 is 10.2 Å². The number of carbonyl (C=O) groups is 1. The molecule has 0 radical (unpaired) electrons. The molecule has 0 unspecified atom stereocenters. The fraction of sp³-hybridized carbons (Fsp3) is 0.278. The Morgan fingerprint density at radius 1 is 1.33 bits per heavy atom. The first-order valence-electron chi connectivity index (χ1n) is 7.63. The average Bonchev–Trinajstić information content (AvgIpc) is 3.16. The van der Waals surface area contributed by atoms with E-state index < -0.39 is 0 Å². The summed E-state index contributed by atoms with van der Waals surface area (Å²) in [6.07, 6.45) is 0. The molecule has 1 amide bonds. The number of aryl methyl sites for hydroxylation is 1. The smallest absolute Gasteiger partial charge is 0.261 e. The van der Waals surface area contributed by atoms with E-state index in [0.717, 1.165) is 4.70 Å². The van der Waals surface area contributed by atoms with Gasteiger partial charge in [-0.3, -0.25) is 4.79 Å². The topological polar surface area (TPSA) is 32.3 Å². The fourth-order valence-electron chi connectivity index (χ4n) is 2.80. The van der Waals surface area contributed by atoms with Gasteiger partial charge in [-0.15, -0.1) is 11.3 Å². The highest BCUT2D eigenvalue weighted by atomic mass is 32.1. The van der Waals surface area contributed by atoms with Crippen LogP contribution in [0.15, 0.2) is 35.0 Å². The zero-order valence-corrected chi connectivity index (χ0v) is 15.4. The minimum Gasteiger partial charge on any atom is -0.349 e. The minimum atomic E-state index is -0.273. The second kappa shape index (κ2) is 7.01. The third kappa shape index (κ3) is 3.22. The van der Waals surface area contributed by atoms with Crippen molar-refractivity contribution in [2.45, 2.75) is 13.0 Å². The lowest BCUT2D eigenvalue weighted by Crippen LogP contribution is -2.34. The van der Waals surface area contributed by atoms with Crippen molar-refractivity contribution in [3.63, 3.8) is 0 Å². The van der Waals surface area contributed by atoms with Crippen molar-refractivity contribution >= 4 is 38.7 Å². The third-order valence-corrected chi connectivity index (χ3v) is 6.07. The van der Waals surface area contributed by atoms with Gasteiger partial charge in [0.1, 0.15) is 5.82 Å². The largest absolute Gasteiger partial charge is 0.349 e. The van der Waals surface area contributed by atoms with Crippen LogP contribution in [0.1, 0.15) is 26.8 Å². The maximum Gasteiger partial charge on any atom is 0.261 e. The number of nitrogens with zero attached hydrogens (tertiary/aromatic N) is 1. The molecule has 2 heterocycles. The Morgan fingerprint density at radius 2 is 2.12 bits per heavy atom. The van der Waals surface area contributed by atoms with Crippen molar-refractivity contribution in [3.8, 4) is 0 Å². The summed E-state index contributed by atoms with van der Waals surface area (Å²) >= 11 is 2.98. The maximum absolute atomic E-state index is 14.0. The molecule has 0 saturated heterocycles. The Labute approximate surface area is 148 Å². The Hall–Kier alpha value is -1.76. The van der Waals surface area contributed by atoms with Crippen LogP contribution in [0.5, 0.6) is 0 Å². The van der Waals surface area contributed by atoms with Crippen LogP contribution in [0.2, 0.25) is 0 Å². The van der Waals surface area contributed by atoms with Gasteiger partial charge in [-0.25, -0.2) is 4.39 Å². The first-order valence-corrected chi connectivity index (χ1v) is 9.39. The van der Waals surface area contributed by atoms with Crippen LogP contribution in [0, 0.1) is 12.7 Å². The predicted octanol–water partition coefficient (Wildman–Crippen LogP) is 4.44. The number of likely N-dealkylation sites (N-methyl/N-ethyl adjacent to an activating group) is 1. The summed E-state index contributed by atoms with van der Waals surface area (Å²) in [4.78, 5) is 15.3. The molecular weight excluding hydrogens is 343 g/mol. The normalized spacial score (nSPS) is 12.7. The molecule has 126 valence electrons. The van der Waals surface area contributed by atoms with Gasteiger partial charge in [0.2, 0.25) is 0 Å². The van der Waals surface area contributed by atoms with Crippen LogP contribution in [0.25, 0.3) is 10.1 Å². The molecule has 0 saturated carbocycles. The van der Waals surface area contributed by atoms with Gasteiger partial charge in [0.25, 0.3) is 5.91 Å². The molecule has 1 N–H and O–H groups in total. The summed E-state index contributed by atoms with van der Waals surface area (Å²) in [5, 5.41) is 7.68. The quantitative estimate of drug-likeness (QED) is 0.728. The number of hydrogen-bond donors (Lipinski definition) is 1. The van der Waals surface area contributed by atoms with E-state index in [0.29, 0.717) is 22.4 Å². The van der Waals surface area contributed by atoms with E-state index in [1.165, 1.54) is 23.0 Å². The number of fused-ring (bicyclic) bond motifs is 1. The highest BCUT2D eigenvalue weighted by Gasteiger charge is 2.20. The lowest BCUT2D eigenvalue weighted by atomic mass is 10.1. The molecule has 0 aliphatic carbocycles. The van der Waals surface area contributed by atoms with Crippen molar-refractivity contribution in [3.05, 3.63) is 56.8 Å². The molecule has 1 atom stereocenters. The number of halogens is 1. The predicted molar refractivity (Wildman–Crippen MR) is 99.6 cm³/mol. The lowest BCUT2D eigenvalue weighted by molar-refractivity contribution is 0.0945. The first-order chi connectivity index (χ1) is 11.5. The minimum absolute atomic E-state index is 0.117. The van der Waals surface area contributed by atoms with Crippen molar-refractivity contribution in [1.29, 1.82) is 0 Å². The van der Waals surface area contributed by atoms with E-state index in [4.69, 9.17) is 0 Å². The number of thiophene rings is 2. The Kier molecular flexibility index (Phi) is 4.99. The molecule has 24 heavy (non-hydrogen) atoms. The Bertz CT molecular complexity index is 855. The van der Waals surface area contributed by atoms with Gasteiger partial charge in [0, 0.05) is 16.6 Å². The second-order valence-electron chi connectivity index (χ2n) is 5.92. The highest BCUT2D eigenvalue weighted by molar-refractivity contribution is 7.21. The van der Waals surface area contributed by atoms with Gasteiger partial charge in [0.15, 0.2) is 0 Å². The molecule has 2 aromatic heterocycles. The number of nitrogens with one attached hydrogen (secondary N) is 1. The van der Waals surface area contributed by atoms with Crippen LogP contribution >= 0.6 is 22.7 Å². The molecule has 0 aliphatic rings. The fourth-order valence-corrected chi connectivity index (χ4v) is 4.65. The van der Waals surface area contributed by atoms with Gasteiger partial charge >= 0.3 is 0 Å². The molecule has 0 aliphatic heterocycles. The van der Waals surface area contributed by atoms with E-state index >= 15 is 0 Å². The van der Waals surface area contributed by atoms with E-state index in [-0.39, 0.29) is 17.8 Å². The zero-order chi connectivity index (χ0) is 17.3. The van der Waals surface area contributed by atoms with Crippen LogP contribution in [0.3, 0.4) is 0 Å². The molecule has 0 spiro atoms. The molecule has 6 heteroatoms. The molecular formula is C18H19FN2OS2. The molecule has 0 bridgehead atoms. The van der Waals surface area contributed by atoms with E-state index in [1.54, 1.807) is 24.3 Å². The summed E-state index contributed by atoms with van der Waals surface area (Å²) in [5.74, 6) is -0.417. The SMILES string of the molecule is Cc1c(C(=O)NC[C@H](c2ccsc2)N(C)C)sc2cccc(F)c12. The molecule has 3 nitrogen and oxygen atoms in total. The third-order valence-electron chi connectivity index (χ3n) is 4.12. The number of benzene rings is 1. The van der Waals surface area contributed by atoms with Crippen LogP contribution in [0.4, 0.5) is 4.39 Å². The molecule has 0 fully saturated rings. The van der Waals surface area contributed by atoms with E-state index in [1.807, 2.05) is 25.5 Å². The summed E-state index contributed by atoms with van der Waals surface area (Å²) < 4.78 is 14.8. The standard InChI is InChI=1S/C18H19FN2OS2/c1-11-16-13(19)5-4-6-15(16)24-17(11)18(22)20-9-14(21(2)3)12-7-8-23-10-12/h4-8,10,14H,9H2,1-3H3,(H,20,22)/t14-/m1/s1. The summed E-state index contributed by atoms with van der Waals surface area (Å²) in [7, 11) is 3.99. The maximum atomic E-state index is 14.0. The number of carbonyl (C=O) groups excluding carboxylic acids is 1. The number of hydrogen-bond acceptors (Lipinski definition) is 4. The first kappa shape index (κ1) is 17.1. The van der Waals surface area contributed by atoms with Gasteiger partial charge in [0.05, 0.1) is 10.9 Å². The second-order valence-corrected chi connectivity index (χ2v) is 7.75. The van der Waals surface area contributed by atoms with Crippen molar-refractivity contribution in [2.75, 3.05) is 20.6 Å². The van der Waals surface area contributed by atoms with E-state index in [2.05, 4.69) is 21.7 Å². The van der Waals surface area contributed by atoms with Crippen molar-refractivity contribution in [2.24, 2.45) is 0 Å². The Morgan fingerprint density at radius 3 is 2.75 bits per heavy atom. The monoisotopic (exact) mass is 362 g/mol. The van der Waals surface area contributed by atoms with Gasteiger partial charge in [-0.2, -0.15) is 11.3 Å². The van der Waals surface area contributed by atoms with Gasteiger partial charge in [-0.1, -0.05) is 6.07 Å². The van der Waals surface area contributed by atoms with Crippen molar-refractivity contribution in [1.82, 2.24) is 10.2 Å². The zero-order valence-electron chi connectivity index (χ0n) is 13.8. The number of rotatable bonds is 5. The lowest BCUT2D eigenvalue weighted by Gasteiger charge is -2.23. The molecule has 1 aromatic carbocycles. The average molecular weight is 362 g/mol. The molecule has 3 rings (SSSR count). The Balaban J connectivity index is 1.80. The highest BCUT2D eigenvalue weighted by Crippen LogP contribution is 2.32. The summed E-state index contributed by atoms with van der Waals surface area (Å²) in [6, 6.07) is 7.14. The van der Waals surface area contributed by atoms with Crippen LogP contribution in [-0.4, -0.2) is 31.4 Å².